The van der Waals surface area contributed by atoms with Gasteiger partial charge in [-0.15, -0.1) is 0 Å². The minimum atomic E-state index is -0.547. The van der Waals surface area contributed by atoms with Gasteiger partial charge in [-0.25, -0.2) is 4.98 Å². The molecule has 10 heteroatoms. The molecule has 1 aromatic heterocycles. The van der Waals surface area contributed by atoms with Crippen molar-refractivity contribution in [3.63, 3.8) is 0 Å². The summed E-state index contributed by atoms with van der Waals surface area (Å²) in [5.41, 5.74) is 2.82. The van der Waals surface area contributed by atoms with Crippen molar-refractivity contribution < 1.29 is 9.72 Å². The van der Waals surface area contributed by atoms with E-state index in [-0.39, 0.29) is 28.5 Å². The second kappa shape index (κ2) is 8.44. The molecule has 0 amide bonds. The first-order valence-corrected chi connectivity index (χ1v) is 8.68. The van der Waals surface area contributed by atoms with Crippen molar-refractivity contribution in [2.75, 3.05) is 5.43 Å². The van der Waals surface area contributed by atoms with Crippen molar-refractivity contribution in [1.29, 1.82) is 0 Å². The van der Waals surface area contributed by atoms with Crippen molar-refractivity contribution in [2.45, 2.75) is 6.92 Å². The minimum Gasteiger partial charge on any atom is -0.305 e. The molecule has 0 aliphatic heterocycles. The van der Waals surface area contributed by atoms with E-state index in [0.717, 1.165) is 0 Å². The average molecular weight is 412 g/mol. The highest BCUT2D eigenvalue weighted by Gasteiger charge is 2.20. The third kappa shape index (κ3) is 4.90. The number of aromatic amines is 1. The summed E-state index contributed by atoms with van der Waals surface area (Å²) in [6.45, 7) is 1.61. The molecule has 0 aliphatic rings. The summed E-state index contributed by atoms with van der Waals surface area (Å²) in [6, 6.07) is 13.0. The van der Waals surface area contributed by atoms with E-state index in [9.17, 15) is 19.7 Å². The molecule has 3 rings (SSSR count). The number of halogens is 1. The number of hydrogen-bond donors (Lipinski definition) is 2. The molecule has 146 valence electrons. The van der Waals surface area contributed by atoms with Gasteiger partial charge in [-0.1, -0.05) is 17.7 Å². The standard InChI is InChI=1S/C19H14ClN5O4/c1-11-9-16(26)22-19(21-11)17(18(27)12-5-7-13(20)8-6-12)24-23-14-3-2-4-15(10-14)25(28)29/h2-10,23H,1H3,(H,21,22,26)/b24-17+. The molecule has 0 fully saturated rings. The summed E-state index contributed by atoms with van der Waals surface area (Å²) in [4.78, 5) is 41.9. The lowest BCUT2D eigenvalue weighted by molar-refractivity contribution is -0.384. The summed E-state index contributed by atoms with van der Waals surface area (Å²) in [7, 11) is 0. The normalized spacial score (nSPS) is 11.2. The zero-order chi connectivity index (χ0) is 21.0. The van der Waals surface area contributed by atoms with Gasteiger partial charge in [-0.2, -0.15) is 5.10 Å². The van der Waals surface area contributed by atoms with Gasteiger partial charge in [0.25, 0.3) is 11.2 Å². The number of anilines is 1. The lowest BCUT2D eigenvalue weighted by Crippen LogP contribution is -2.24. The van der Waals surface area contributed by atoms with Gasteiger partial charge >= 0.3 is 0 Å². The van der Waals surface area contributed by atoms with Crippen LogP contribution in [0.4, 0.5) is 11.4 Å². The SMILES string of the molecule is Cc1cc(=O)[nH]c(/C(=N/Nc2cccc([N+](=O)[O-])c2)C(=O)c2ccc(Cl)cc2)n1. The minimum absolute atomic E-state index is 0.0344. The van der Waals surface area contributed by atoms with Crippen LogP contribution in [0, 0.1) is 17.0 Å². The van der Waals surface area contributed by atoms with Crippen LogP contribution in [0.1, 0.15) is 21.9 Å². The summed E-state index contributed by atoms with van der Waals surface area (Å²) < 4.78 is 0. The van der Waals surface area contributed by atoms with Crippen LogP contribution in [0.15, 0.2) is 64.5 Å². The third-order valence-corrected chi connectivity index (χ3v) is 4.02. The Balaban J connectivity index is 2.04. The van der Waals surface area contributed by atoms with Gasteiger partial charge in [-0.3, -0.25) is 25.1 Å². The lowest BCUT2D eigenvalue weighted by Gasteiger charge is -2.08. The van der Waals surface area contributed by atoms with Crippen molar-refractivity contribution in [3.8, 4) is 0 Å². The van der Waals surface area contributed by atoms with E-state index in [1.54, 1.807) is 25.1 Å². The van der Waals surface area contributed by atoms with Gasteiger partial charge < -0.3 is 4.98 Å². The number of benzene rings is 2. The number of H-pyrrole nitrogens is 1. The summed E-state index contributed by atoms with van der Waals surface area (Å²) >= 11 is 5.87. The van der Waals surface area contributed by atoms with Crippen LogP contribution >= 0.6 is 11.6 Å². The van der Waals surface area contributed by atoms with Gasteiger partial charge in [0.2, 0.25) is 5.78 Å². The number of non-ortho nitro benzene ring substituents is 1. The van der Waals surface area contributed by atoms with Crippen LogP contribution in [0.5, 0.6) is 0 Å². The lowest BCUT2D eigenvalue weighted by atomic mass is 10.1. The predicted molar refractivity (Wildman–Crippen MR) is 109 cm³/mol. The Kier molecular flexibility index (Phi) is 5.79. The van der Waals surface area contributed by atoms with E-state index < -0.39 is 16.3 Å². The number of Topliss-reactive ketones (excluding diaryl/α,β-unsaturated/α-hetero) is 1. The van der Waals surface area contributed by atoms with Crippen molar-refractivity contribution in [1.82, 2.24) is 9.97 Å². The molecule has 9 nitrogen and oxygen atoms in total. The Hall–Kier alpha value is -3.85. The van der Waals surface area contributed by atoms with E-state index >= 15 is 0 Å². The number of rotatable bonds is 6. The molecule has 0 unspecified atom stereocenters. The number of carbonyl (C=O) groups is 1. The van der Waals surface area contributed by atoms with Crippen molar-refractivity contribution in [2.24, 2.45) is 5.10 Å². The fraction of sp³-hybridized carbons (Fsp3) is 0.0526. The van der Waals surface area contributed by atoms with E-state index in [4.69, 9.17) is 11.6 Å². The molecule has 0 aliphatic carbocycles. The molecule has 2 aromatic carbocycles. The molecule has 29 heavy (non-hydrogen) atoms. The first-order valence-electron chi connectivity index (χ1n) is 8.30. The van der Waals surface area contributed by atoms with Gasteiger partial charge in [0.1, 0.15) is 0 Å². The summed E-state index contributed by atoms with van der Waals surface area (Å²) in [5, 5.41) is 15.5. The average Bonchev–Trinajstić information content (AvgIpc) is 2.68. The Labute approximate surface area is 169 Å². The fourth-order valence-electron chi connectivity index (χ4n) is 2.45. The largest absolute Gasteiger partial charge is 0.305 e. The Morgan fingerprint density at radius 2 is 1.93 bits per heavy atom. The Bertz CT molecular complexity index is 1170. The second-order valence-corrected chi connectivity index (χ2v) is 6.39. The molecule has 0 radical (unpaired) electrons. The molecule has 2 N–H and O–H groups in total. The van der Waals surface area contributed by atoms with Gasteiger partial charge in [0, 0.05) is 34.5 Å². The highest BCUT2D eigenvalue weighted by molar-refractivity contribution is 6.50. The maximum atomic E-state index is 13.0. The quantitative estimate of drug-likeness (QED) is 0.277. The molecule has 0 spiro atoms. The molecule has 0 atom stereocenters. The van der Waals surface area contributed by atoms with E-state index in [2.05, 4.69) is 20.5 Å². The first kappa shape index (κ1) is 19.9. The number of hydrogen-bond acceptors (Lipinski definition) is 7. The van der Waals surface area contributed by atoms with Crippen LogP contribution in [0.25, 0.3) is 0 Å². The number of nitrogens with zero attached hydrogens (tertiary/aromatic N) is 3. The zero-order valence-electron chi connectivity index (χ0n) is 15.0. The Morgan fingerprint density at radius 3 is 2.59 bits per heavy atom. The monoisotopic (exact) mass is 411 g/mol. The summed E-state index contributed by atoms with van der Waals surface area (Å²) in [5.74, 6) is -0.554. The predicted octanol–water partition coefficient (Wildman–Crippen LogP) is 3.34. The topological polar surface area (TPSA) is 130 Å². The molecule has 3 aromatic rings. The third-order valence-electron chi connectivity index (χ3n) is 3.77. The number of aromatic nitrogens is 2. The van der Waals surface area contributed by atoms with Gasteiger partial charge in [-0.05, 0) is 37.3 Å². The number of nitro groups is 1. The van der Waals surface area contributed by atoms with E-state index in [1.807, 2.05) is 0 Å². The number of nitrogens with one attached hydrogen (secondary N) is 2. The van der Waals surface area contributed by atoms with E-state index in [1.165, 1.54) is 36.4 Å². The first-order chi connectivity index (χ1) is 13.8. The van der Waals surface area contributed by atoms with Crippen LogP contribution in [0.2, 0.25) is 5.02 Å². The Morgan fingerprint density at radius 1 is 1.21 bits per heavy atom. The van der Waals surface area contributed by atoms with Crippen molar-refractivity contribution in [3.05, 3.63) is 97.2 Å². The molecule has 0 saturated carbocycles. The number of nitro benzene ring substituents is 1. The van der Waals surface area contributed by atoms with Crippen molar-refractivity contribution >= 4 is 34.5 Å². The van der Waals surface area contributed by atoms with Crippen LogP contribution in [0.3, 0.4) is 0 Å². The number of ketones is 1. The number of aryl methyl sites for hydroxylation is 1. The second-order valence-electron chi connectivity index (χ2n) is 5.95. The van der Waals surface area contributed by atoms with Crippen LogP contribution < -0.4 is 11.0 Å². The summed E-state index contributed by atoms with van der Waals surface area (Å²) in [6.07, 6.45) is 0. The van der Waals surface area contributed by atoms with E-state index in [0.29, 0.717) is 10.7 Å². The fourth-order valence-corrected chi connectivity index (χ4v) is 2.58. The molecular formula is C19H14ClN5O4. The maximum absolute atomic E-state index is 13.0. The van der Waals surface area contributed by atoms with Gasteiger partial charge in [0.15, 0.2) is 11.5 Å². The molecule has 0 bridgehead atoms. The zero-order valence-corrected chi connectivity index (χ0v) is 15.8. The number of hydrazone groups is 1. The van der Waals surface area contributed by atoms with Gasteiger partial charge in [0.05, 0.1) is 10.6 Å². The number of carbonyl (C=O) groups excluding carboxylic acids is 1. The molecular weight excluding hydrogens is 398 g/mol. The smallest absolute Gasteiger partial charge is 0.271 e. The van der Waals surface area contributed by atoms with Crippen LogP contribution in [-0.4, -0.2) is 26.4 Å². The molecule has 0 saturated heterocycles. The maximum Gasteiger partial charge on any atom is 0.271 e. The van der Waals surface area contributed by atoms with Crippen LogP contribution in [-0.2, 0) is 0 Å². The highest BCUT2D eigenvalue weighted by atomic mass is 35.5. The highest BCUT2D eigenvalue weighted by Crippen LogP contribution is 2.18. The molecule has 1 heterocycles.